The van der Waals surface area contributed by atoms with Crippen molar-refractivity contribution in [1.29, 1.82) is 0 Å². The maximum atomic E-state index is 12.3. The summed E-state index contributed by atoms with van der Waals surface area (Å²) >= 11 is 2.86. The molecule has 6 heteroatoms. The van der Waals surface area contributed by atoms with Crippen LogP contribution in [0.4, 0.5) is 0 Å². The normalized spacial score (nSPS) is 9.79. The van der Waals surface area contributed by atoms with Crippen molar-refractivity contribution in [2.75, 3.05) is 13.7 Å². The third-order valence-electron chi connectivity index (χ3n) is 2.39. The third-order valence-corrected chi connectivity index (χ3v) is 3.93. The number of thiophene rings is 1. The Morgan fingerprint density at radius 1 is 1.58 bits per heavy atom. The number of rotatable bonds is 3. The van der Waals surface area contributed by atoms with Crippen molar-refractivity contribution < 1.29 is 9.90 Å². The molecule has 2 aromatic heterocycles. The summed E-state index contributed by atoms with van der Waals surface area (Å²) in [4.78, 5) is 18.7. The lowest BCUT2D eigenvalue weighted by Gasteiger charge is -2.15. The Hall–Kier alpha value is -1.68. The summed E-state index contributed by atoms with van der Waals surface area (Å²) in [5.74, 6) is 5.27. The van der Waals surface area contributed by atoms with Gasteiger partial charge in [0.1, 0.15) is 11.5 Å². The van der Waals surface area contributed by atoms with E-state index in [0.717, 1.165) is 5.69 Å². The SMILES string of the molecule is CN(Cc1cscn1)C(=O)c1sccc1C#CCO. The summed E-state index contributed by atoms with van der Waals surface area (Å²) in [5, 5.41) is 12.4. The van der Waals surface area contributed by atoms with Crippen LogP contribution in [-0.2, 0) is 6.54 Å². The quantitative estimate of drug-likeness (QED) is 0.878. The van der Waals surface area contributed by atoms with E-state index in [1.165, 1.54) is 22.7 Å². The lowest BCUT2D eigenvalue weighted by atomic mass is 10.2. The van der Waals surface area contributed by atoms with Crippen molar-refractivity contribution in [2.24, 2.45) is 0 Å². The average Bonchev–Trinajstić information content (AvgIpc) is 3.06. The van der Waals surface area contributed by atoms with Crippen molar-refractivity contribution >= 4 is 28.6 Å². The van der Waals surface area contributed by atoms with Gasteiger partial charge in [-0.05, 0) is 11.4 Å². The van der Waals surface area contributed by atoms with E-state index in [0.29, 0.717) is 17.0 Å². The number of carbonyl (C=O) groups is 1. The zero-order valence-corrected chi connectivity index (χ0v) is 11.9. The van der Waals surface area contributed by atoms with Crippen LogP contribution >= 0.6 is 22.7 Å². The molecule has 0 aromatic carbocycles. The highest BCUT2D eigenvalue weighted by Crippen LogP contribution is 2.18. The number of aromatic nitrogens is 1. The van der Waals surface area contributed by atoms with Gasteiger partial charge in [-0.2, -0.15) is 0 Å². The largest absolute Gasteiger partial charge is 0.384 e. The number of aliphatic hydroxyl groups excluding tert-OH is 1. The maximum Gasteiger partial charge on any atom is 0.265 e. The molecule has 0 bridgehead atoms. The number of thiazole rings is 1. The molecule has 4 nitrogen and oxygen atoms in total. The van der Waals surface area contributed by atoms with Gasteiger partial charge in [0.2, 0.25) is 0 Å². The van der Waals surface area contributed by atoms with Gasteiger partial charge in [0.05, 0.1) is 17.7 Å². The van der Waals surface area contributed by atoms with Crippen LogP contribution < -0.4 is 0 Å². The molecule has 0 atom stereocenters. The van der Waals surface area contributed by atoms with Gasteiger partial charge >= 0.3 is 0 Å². The van der Waals surface area contributed by atoms with Crippen LogP contribution in [0.15, 0.2) is 22.3 Å². The molecule has 0 aliphatic heterocycles. The van der Waals surface area contributed by atoms with E-state index in [1.807, 2.05) is 10.8 Å². The van der Waals surface area contributed by atoms with Crippen LogP contribution in [0.2, 0.25) is 0 Å². The Morgan fingerprint density at radius 3 is 3.11 bits per heavy atom. The summed E-state index contributed by atoms with van der Waals surface area (Å²) < 4.78 is 0. The highest BCUT2D eigenvalue weighted by molar-refractivity contribution is 7.12. The van der Waals surface area contributed by atoms with Crippen molar-refractivity contribution in [1.82, 2.24) is 9.88 Å². The molecule has 0 saturated heterocycles. The molecule has 0 saturated carbocycles. The first-order valence-corrected chi connectivity index (χ1v) is 7.34. The van der Waals surface area contributed by atoms with E-state index in [2.05, 4.69) is 16.8 Å². The van der Waals surface area contributed by atoms with Gasteiger partial charge in [-0.25, -0.2) is 4.98 Å². The monoisotopic (exact) mass is 292 g/mol. The van der Waals surface area contributed by atoms with Gasteiger partial charge in [-0.15, -0.1) is 22.7 Å². The number of amides is 1. The summed E-state index contributed by atoms with van der Waals surface area (Å²) in [6, 6.07) is 1.79. The van der Waals surface area contributed by atoms with Crippen molar-refractivity contribution in [3.05, 3.63) is 38.5 Å². The van der Waals surface area contributed by atoms with E-state index in [9.17, 15) is 4.79 Å². The van der Waals surface area contributed by atoms with E-state index in [4.69, 9.17) is 5.11 Å². The molecule has 0 spiro atoms. The predicted octanol–water partition coefficient (Wildman–Crippen LogP) is 1.82. The van der Waals surface area contributed by atoms with Gasteiger partial charge in [-0.1, -0.05) is 11.8 Å². The van der Waals surface area contributed by atoms with E-state index < -0.39 is 0 Å². The maximum absolute atomic E-state index is 12.3. The van der Waals surface area contributed by atoms with Crippen LogP contribution in [-0.4, -0.2) is 34.6 Å². The van der Waals surface area contributed by atoms with Gasteiger partial charge in [0.15, 0.2) is 0 Å². The zero-order chi connectivity index (χ0) is 13.7. The Kier molecular flexibility index (Phi) is 4.68. The van der Waals surface area contributed by atoms with Gasteiger partial charge in [0, 0.05) is 18.0 Å². The highest BCUT2D eigenvalue weighted by atomic mass is 32.1. The summed E-state index contributed by atoms with van der Waals surface area (Å²) in [7, 11) is 1.74. The number of hydrogen-bond donors (Lipinski definition) is 1. The fraction of sp³-hybridized carbons (Fsp3) is 0.231. The van der Waals surface area contributed by atoms with Crippen molar-refractivity contribution in [3.63, 3.8) is 0 Å². The van der Waals surface area contributed by atoms with Crippen molar-refractivity contribution in [3.8, 4) is 11.8 Å². The van der Waals surface area contributed by atoms with Gasteiger partial charge in [0.25, 0.3) is 5.91 Å². The molecule has 98 valence electrons. The molecule has 2 rings (SSSR count). The second kappa shape index (κ2) is 6.48. The van der Waals surface area contributed by atoms with E-state index in [1.54, 1.807) is 23.5 Å². The highest BCUT2D eigenvalue weighted by Gasteiger charge is 2.17. The van der Waals surface area contributed by atoms with Gasteiger partial charge in [-0.3, -0.25) is 4.79 Å². The lowest BCUT2D eigenvalue weighted by Crippen LogP contribution is -2.26. The molecule has 0 unspecified atom stereocenters. The Bertz CT molecular complexity index is 608. The number of aliphatic hydroxyl groups is 1. The van der Waals surface area contributed by atoms with Crippen LogP contribution in [0, 0.1) is 11.8 Å². The minimum Gasteiger partial charge on any atom is -0.384 e. The summed E-state index contributed by atoms with van der Waals surface area (Å²) in [6.07, 6.45) is 0. The fourth-order valence-electron chi connectivity index (χ4n) is 1.51. The summed E-state index contributed by atoms with van der Waals surface area (Å²) in [5.41, 5.74) is 3.28. The second-order valence-corrected chi connectivity index (χ2v) is 5.40. The molecular formula is C13H12N2O2S2. The van der Waals surface area contributed by atoms with Crippen LogP contribution in [0.3, 0.4) is 0 Å². The first kappa shape index (κ1) is 13.7. The first-order chi connectivity index (χ1) is 9.22. The Labute approximate surface area is 119 Å². The number of carbonyl (C=O) groups excluding carboxylic acids is 1. The topological polar surface area (TPSA) is 53.4 Å². The van der Waals surface area contributed by atoms with Crippen LogP contribution in [0.5, 0.6) is 0 Å². The molecule has 1 N–H and O–H groups in total. The third kappa shape index (κ3) is 3.41. The first-order valence-electron chi connectivity index (χ1n) is 5.52. The summed E-state index contributed by atoms with van der Waals surface area (Å²) in [6.45, 7) is 0.269. The molecule has 0 aliphatic rings. The molecule has 1 amide bonds. The minimum absolute atomic E-state index is 0.0785. The fourth-order valence-corrected chi connectivity index (χ4v) is 2.90. The predicted molar refractivity (Wildman–Crippen MR) is 76.2 cm³/mol. The number of nitrogens with zero attached hydrogens (tertiary/aromatic N) is 2. The molecule has 2 heterocycles. The number of hydrogen-bond acceptors (Lipinski definition) is 5. The zero-order valence-electron chi connectivity index (χ0n) is 10.3. The minimum atomic E-state index is -0.210. The average molecular weight is 292 g/mol. The van der Waals surface area contributed by atoms with Crippen LogP contribution in [0.1, 0.15) is 20.9 Å². The molecule has 0 fully saturated rings. The van der Waals surface area contributed by atoms with E-state index >= 15 is 0 Å². The Balaban J connectivity index is 2.13. The molecule has 19 heavy (non-hydrogen) atoms. The Morgan fingerprint density at radius 2 is 2.42 bits per heavy atom. The standard InChI is InChI=1S/C13H12N2O2S2/c1-15(7-11-8-18-9-14-11)13(17)12-10(3-2-5-16)4-6-19-12/h4,6,8-9,16H,5,7H2,1H3. The molecular weight excluding hydrogens is 280 g/mol. The van der Waals surface area contributed by atoms with Gasteiger partial charge < -0.3 is 10.0 Å². The molecule has 2 aromatic rings. The lowest BCUT2D eigenvalue weighted by molar-refractivity contribution is 0.0788. The molecule has 0 aliphatic carbocycles. The van der Waals surface area contributed by atoms with Crippen molar-refractivity contribution in [2.45, 2.75) is 6.54 Å². The molecule has 0 radical (unpaired) electrons. The smallest absolute Gasteiger partial charge is 0.265 e. The van der Waals surface area contributed by atoms with E-state index in [-0.39, 0.29) is 12.5 Å². The second-order valence-electron chi connectivity index (χ2n) is 3.76. The van der Waals surface area contributed by atoms with Crippen LogP contribution in [0.25, 0.3) is 0 Å².